The van der Waals surface area contributed by atoms with E-state index in [-0.39, 0.29) is 28.6 Å². The molecule has 6 heteroatoms. The highest BCUT2D eigenvalue weighted by Crippen LogP contribution is 2.43. The Morgan fingerprint density at radius 1 is 0.451 bits per heavy atom. The topological polar surface area (TPSA) is 69.9 Å². The molecule has 7 aromatic carbocycles. The molecule has 0 unspecified atom stereocenters. The SMILES string of the molecule is [2H]c1c([2H])c([2H])c(-c2nc(-c3ccc4c(c3)oc3c(-n5c6ccccc6c6ccc7c8ccccc8oc7c65)cccc34)nc(-c3c([2H])c([2H])c([2H])c([2H])c3[2H])n2)c([2H])c1[2H]. The zero-order valence-electron chi connectivity index (χ0n) is 36.3. The number of para-hydroxylation sites is 3. The molecule has 0 radical (unpaired) electrons. The molecule has 6 nitrogen and oxygen atoms in total. The molecule has 0 spiro atoms. The van der Waals surface area contributed by atoms with Crippen molar-refractivity contribution < 1.29 is 22.5 Å². The second-order valence-corrected chi connectivity index (χ2v) is 12.1. The highest BCUT2D eigenvalue weighted by Gasteiger charge is 2.22. The summed E-state index contributed by atoms with van der Waals surface area (Å²) in [5.74, 6) is -0.756. The third kappa shape index (κ3) is 4.20. The molecule has 0 aliphatic carbocycles. The first-order valence-electron chi connectivity index (χ1n) is 21.1. The van der Waals surface area contributed by atoms with Gasteiger partial charge in [0.1, 0.15) is 11.2 Å². The van der Waals surface area contributed by atoms with Crippen LogP contribution in [0.4, 0.5) is 0 Å². The molecular weight excluding hydrogens is 629 g/mol. The molecule has 11 rings (SSSR count). The van der Waals surface area contributed by atoms with Crippen LogP contribution in [0.25, 0.3) is 106 Å². The average Bonchev–Trinajstić information content (AvgIpc) is 3.96. The van der Waals surface area contributed by atoms with E-state index in [0.29, 0.717) is 16.7 Å². The van der Waals surface area contributed by atoms with Crippen molar-refractivity contribution in [1.29, 1.82) is 0 Å². The van der Waals surface area contributed by atoms with E-state index in [1.807, 2.05) is 60.7 Å². The van der Waals surface area contributed by atoms with Crippen molar-refractivity contribution in [2.24, 2.45) is 0 Å². The van der Waals surface area contributed by atoms with E-state index >= 15 is 0 Å². The van der Waals surface area contributed by atoms with Crippen molar-refractivity contribution in [2.45, 2.75) is 0 Å². The van der Waals surface area contributed by atoms with Crippen molar-refractivity contribution in [3.05, 3.63) is 157 Å². The van der Waals surface area contributed by atoms with Gasteiger partial charge in [0.15, 0.2) is 28.6 Å². The molecule has 0 aliphatic rings. The molecule has 11 aromatic rings. The van der Waals surface area contributed by atoms with Gasteiger partial charge in [-0.2, -0.15) is 0 Å². The van der Waals surface area contributed by atoms with E-state index in [4.69, 9.17) is 22.5 Å². The Labute approximate surface area is 304 Å². The maximum Gasteiger partial charge on any atom is 0.164 e. The van der Waals surface area contributed by atoms with Crippen molar-refractivity contribution in [3.63, 3.8) is 0 Å². The lowest BCUT2D eigenvalue weighted by atomic mass is 10.1. The van der Waals surface area contributed by atoms with Crippen LogP contribution in [0.1, 0.15) is 13.7 Å². The van der Waals surface area contributed by atoms with Crippen molar-refractivity contribution >= 4 is 65.7 Å². The lowest BCUT2D eigenvalue weighted by molar-refractivity contribution is 0.665. The van der Waals surface area contributed by atoms with Gasteiger partial charge in [-0.05, 0) is 36.4 Å². The van der Waals surface area contributed by atoms with Gasteiger partial charge in [-0.25, -0.2) is 15.0 Å². The van der Waals surface area contributed by atoms with Gasteiger partial charge in [0.05, 0.1) is 30.4 Å². The van der Waals surface area contributed by atoms with E-state index in [0.717, 1.165) is 60.2 Å². The van der Waals surface area contributed by atoms with Crippen LogP contribution in [0.2, 0.25) is 0 Å². The molecule has 0 N–H and O–H groups in total. The summed E-state index contributed by atoms with van der Waals surface area (Å²) in [6.07, 6.45) is 0. The number of furan rings is 2. The van der Waals surface area contributed by atoms with Crippen LogP contribution < -0.4 is 0 Å². The average molecular weight is 665 g/mol. The van der Waals surface area contributed by atoms with Crippen LogP contribution in [-0.2, 0) is 0 Å². The lowest BCUT2D eigenvalue weighted by Crippen LogP contribution is -2.00. The number of fused-ring (bicyclic) bond motifs is 10. The van der Waals surface area contributed by atoms with E-state index in [2.05, 4.69) is 43.8 Å². The first-order chi connectivity index (χ1) is 29.4. The fourth-order valence-electron chi connectivity index (χ4n) is 7.03. The van der Waals surface area contributed by atoms with Gasteiger partial charge in [-0.3, -0.25) is 0 Å². The van der Waals surface area contributed by atoms with Gasteiger partial charge in [-0.1, -0.05) is 121 Å². The summed E-state index contributed by atoms with van der Waals surface area (Å²) in [6, 6.07) is 25.4. The molecule has 0 fully saturated rings. The maximum absolute atomic E-state index is 8.67. The fraction of sp³-hybridized carbons (Fsp3) is 0. The summed E-state index contributed by atoms with van der Waals surface area (Å²) in [4.78, 5) is 13.6. The molecule has 0 saturated heterocycles. The molecule has 0 atom stereocenters. The Morgan fingerprint density at radius 3 is 1.78 bits per heavy atom. The predicted molar refractivity (Wildman–Crippen MR) is 205 cm³/mol. The normalized spacial score (nSPS) is 14.7. The zero-order valence-corrected chi connectivity index (χ0v) is 26.3. The second-order valence-electron chi connectivity index (χ2n) is 12.1. The highest BCUT2D eigenvalue weighted by molar-refractivity contribution is 6.22. The van der Waals surface area contributed by atoms with Gasteiger partial charge in [0.25, 0.3) is 0 Å². The Balaban J connectivity index is 1.16. The smallest absolute Gasteiger partial charge is 0.164 e. The van der Waals surface area contributed by atoms with Crippen LogP contribution in [0.5, 0.6) is 0 Å². The molecule has 0 amide bonds. The van der Waals surface area contributed by atoms with E-state index in [1.54, 1.807) is 12.1 Å². The lowest BCUT2D eigenvalue weighted by Gasteiger charge is -2.08. The van der Waals surface area contributed by atoms with Gasteiger partial charge in [0.2, 0.25) is 0 Å². The third-order valence-corrected chi connectivity index (χ3v) is 9.24. The summed E-state index contributed by atoms with van der Waals surface area (Å²) in [7, 11) is 0. The molecular formula is C45H26N4O2. The van der Waals surface area contributed by atoms with Crippen LogP contribution in [0.15, 0.2) is 166 Å². The molecule has 0 bridgehead atoms. The molecule has 0 saturated carbocycles. The standard InChI is InChI=1S/C45H26N4O2/c1-3-12-27(13-4-1)43-46-44(28-14-5-2-6-15-28)48-45(47-43)29-22-23-32-34-18-11-20-37(41(34)51-39(32)26-29)49-36-19-9-7-16-30(36)33-24-25-35-31-17-8-10-21-38(31)50-42(35)40(33)49/h1-26H/i1D,2D,3D,4D,5D,6D,12D,13D,14D,15D. The largest absolute Gasteiger partial charge is 0.454 e. The highest BCUT2D eigenvalue weighted by atomic mass is 16.3. The van der Waals surface area contributed by atoms with Crippen LogP contribution in [0.3, 0.4) is 0 Å². The summed E-state index contributed by atoms with van der Waals surface area (Å²) in [5.41, 5.74) is 4.82. The van der Waals surface area contributed by atoms with Crippen molar-refractivity contribution in [1.82, 2.24) is 19.5 Å². The summed E-state index contributed by atoms with van der Waals surface area (Å²) in [6.45, 7) is 0. The second kappa shape index (κ2) is 10.7. The third-order valence-electron chi connectivity index (χ3n) is 9.24. The van der Waals surface area contributed by atoms with Gasteiger partial charge in [-0.15, -0.1) is 0 Å². The number of hydrogen-bond donors (Lipinski definition) is 0. The van der Waals surface area contributed by atoms with Crippen LogP contribution in [-0.4, -0.2) is 19.5 Å². The quantitative estimate of drug-likeness (QED) is 0.187. The molecule has 51 heavy (non-hydrogen) atoms. The monoisotopic (exact) mass is 664 g/mol. The van der Waals surface area contributed by atoms with E-state index in [1.165, 1.54) is 0 Å². The van der Waals surface area contributed by atoms with Gasteiger partial charge < -0.3 is 13.4 Å². The van der Waals surface area contributed by atoms with Gasteiger partial charge >= 0.3 is 0 Å². The molecule has 238 valence electrons. The fourth-order valence-corrected chi connectivity index (χ4v) is 7.03. The van der Waals surface area contributed by atoms with E-state index in [9.17, 15) is 0 Å². The zero-order chi connectivity index (χ0) is 42.2. The molecule has 4 heterocycles. The molecule has 0 aliphatic heterocycles. The first-order valence-corrected chi connectivity index (χ1v) is 16.1. The molecule has 4 aromatic heterocycles. The Morgan fingerprint density at radius 2 is 1.02 bits per heavy atom. The number of rotatable bonds is 4. The minimum Gasteiger partial charge on any atom is -0.454 e. The summed E-state index contributed by atoms with van der Waals surface area (Å²) >= 11 is 0. The Hall–Kier alpha value is -7.05. The first kappa shape index (κ1) is 19.8. The minimum absolute atomic E-state index is 0.0594. The summed E-state index contributed by atoms with van der Waals surface area (Å²) in [5, 5.41) is 5.62. The maximum atomic E-state index is 8.67. The number of aromatic nitrogens is 4. The summed E-state index contributed by atoms with van der Waals surface area (Å²) < 4.78 is 99.6. The number of hydrogen-bond acceptors (Lipinski definition) is 5. The van der Waals surface area contributed by atoms with Crippen LogP contribution >= 0.6 is 0 Å². The number of nitrogens with zero attached hydrogens (tertiary/aromatic N) is 4. The van der Waals surface area contributed by atoms with Crippen molar-refractivity contribution in [3.8, 4) is 39.9 Å². The van der Waals surface area contributed by atoms with Crippen molar-refractivity contribution in [2.75, 3.05) is 0 Å². The Bertz CT molecular complexity index is 3600. The van der Waals surface area contributed by atoms with E-state index < -0.39 is 60.4 Å². The van der Waals surface area contributed by atoms with Crippen LogP contribution in [0, 0.1) is 0 Å². The number of benzene rings is 7. The Kier molecular flexibility index (Phi) is 4.17. The predicted octanol–water partition coefficient (Wildman–Crippen LogP) is 11.8. The van der Waals surface area contributed by atoms with Gasteiger partial charge in [0, 0.05) is 49.0 Å². The minimum atomic E-state index is -0.619.